The molecule has 1 aromatic heterocycles. The van der Waals surface area contributed by atoms with E-state index in [9.17, 15) is 9.59 Å². The van der Waals surface area contributed by atoms with Gasteiger partial charge in [0.2, 0.25) is 0 Å². The van der Waals surface area contributed by atoms with Gasteiger partial charge in [-0.15, -0.1) is 11.8 Å². The summed E-state index contributed by atoms with van der Waals surface area (Å²) in [5, 5.41) is 0. The molecule has 152 valence electrons. The Bertz CT molecular complexity index is 1100. The molecule has 3 rings (SSSR count). The zero-order chi connectivity index (χ0) is 20.8. The van der Waals surface area contributed by atoms with Crippen molar-refractivity contribution in [1.29, 1.82) is 0 Å². The Labute approximate surface area is 178 Å². The van der Waals surface area contributed by atoms with Crippen LogP contribution in [-0.4, -0.2) is 29.8 Å². The van der Waals surface area contributed by atoms with Crippen molar-refractivity contribution in [1.82, 2.24) is 4.57 Å². The predicted octanol–water partition coefficient (Wildman–Crippen LogP) is 4.68. The van der Waals surface area contributed by atoms with Crippen LogP contribution in [0.2, 0.25) is 0 Å². The van der Waals surface area contributed by atoms with Gasteiger partial charge in [-0.2, -0.15) is 4.99 Å². The third-order valence-corrected chi connectivity index (χ3v) is 6.45. The molecule has 1 heterocycles. The topological polar surface area (TPSA) is 60.7 Å². The monoisotopic (exact) mass is 428 g/mol. The number of unbranched alkanes of at least 4 members (excludes halogenated alkanes) is 1. The van der Waals surface area contributed by atoms with Crippen molar-refractivity contribution in [2.24, 2.45) is 4.99 Å². The second-order valence-electron chi connectivity index (χ2n) is 6.57. The van der Waals surface area contributed by atoms with E-state index < -0.39 is 0 Å². The lowest BCUT2D eigenvalue weighted by molar-refractivity contribution is -0.141. The van der Waals surface area contributed by atoms with Crippen molar-refractivity contribution in [3.63, 3.8) is 0 Å². The van der Waals surface area contributed by atoms with Gasteiger partial charge in [-0.25, -0.2) is 0 Å². The minimum absolute atomic E-state index is 0.0150. The lowest BCUT2D eigenvalue weighted by atomic mass is 10.1. The van der Waals surface area contributed by atoms with Gasteiger partial charge in [0.25, 0.3) is 5.91 Å². The highest BCUT2D eigenvalue weighted by atomic mass is 32.2. The van der Waals surface area contributed by atoms with Crippen LogP contribution >= 0.6 is 23.1 Å². The van der Waals surface area contributed by atoms with E-state index in [0.717, 1.165) is 34.4 Å². The van der Waals surface area contributed by atoms with Crippen LogP contribution in [0.15, 0.2) is 52.4 Å². The number of thioether (sulfide) groups is 1. The molecular formula is C22H24N2O3S2. The lowest BCUT2D eigenvalue weighted by Crippen LogP contribution is -2.22. The highest BCUT2D eigenvalue weighted by Crippen LogP contribution is 2.22. The van der Waals surface area contributed by atoms with Crippen molar-refractivity contribution in [3.8, 4) is 0 Å². The summed E-state index contributed by atoms with van der Waals surface area (Å²) in [4.78, 5) is 30.6. The minimum Gasteiger partial charge on any atom is -0.468 e. The van der Waals surface area contributed by atoms with Crippen LogP contribution in [0, 0.1) is 0 Å². The summed E-state index contributed by atoms with van der Waals surface area (Å²) in [5.41, 5.74) is 2.69. The molecule has 0 saturated heterocycles. The van der Waals surface area contributed by atoms with E-state index in [1.54, 1.807) is 10.6 Å². The number of amides is 1. The maximum absolute atomic E-state index is 12.9. The van der Waals surface area contributed by atoms with Crippen molar-refractivity contribution in [2.75, 3.05) is 13.4 Å². The molecule has 29 heavy (non-hydrogen) atoms. The largest absolute Gasteiger partial charge is 0.468 e. The molecule has 2 aromatic carbocycles. The average molecular weight is 429 g/mol. The van der Waals surface area contributed by atoms with E-state index >= 15 is 0 Å². The van der Waals surface area contributed by atoms with Gasteiger partial charge in [0, 0.05) is 4.90 Å². The number of ether oxygens (including phenoxy) is 1. The first-order valence-corrected chi connectivity index (χ1v) is 11.5. The fourth-order valence-corrected chi connectivity index (χ4v) is 4.74. The van der Waals surface area contributed by atoms with Gasteiger partial charge in [-0.1, -0.05) is 42.9 Å². The Hall–Kier alpha value is -2.38. The summed E-state index contributed by atoms with van der Waals surface area (Å²) >= 11 is 2.93. The number of hydrogen-bond donors (Lipinski definition) is 0. The Morgan fingerprint density at radius 1 is 1.21 bits per heavy atom. The standard InChI is InChI=1S/C22H24N2O3S2/c1-4-5-8-15-11-12-17-19(13-15)29-22(24(17)14-20(25)27-2)23-21(26)16-9-6-7-10-18(16)28-3/h6-7,9-13H,4-5,8,14H2,1-3H3. The van der Waals surface area contributed by atoms with Crippen LogP contribution in [0.3, 0.4) is 0 Å². The van der Waals surface area contributed by atoms with Crippen LogP contribution < -0.4 is 4.80 Å². The van der Waals surface area contributed by atoms with Crippen molar-refractivity contribution >= 4 is 45.2 Å². The molecular weight excluding hydrogens is 404 g/mol. The quantitative estimate of drug-likeness (QED) is 0.405. The average Bonchev–Trinajstić information content (AvgIpc) is 3.07. The van der Waals surface area contributed by atoms with Crippen molar-refractivity contribution in [2.45, 2.75) is 37.6 Å². The third kappa shape index (κ3) is 4.97. The number of thiazole rings is 1. The molecule has 0 unspecified atom stereocenters. The molecule has 0 radical (unpaired) electrons. The number of aryl methyl sites for hydroxylation is 1. The Morgan fingerprint density at radius 3 is 2.72 bits per heavy atom. The predicted molar refractivity (Wildman–Crippen MR) is 119 cm³/mol. The number of carbonyl (C=O) groups is 2. The second kappa shape index (κ2) is 9.89. The summed E-state index contributed by atoms with van der Waals surface area (Å²) in [6.07, 6.45) is 5.20. The van der Waals surface area contributed by atoms with E-state index in [0.29, 0.717) is 10.4 Å². The number of rotatable bonds is 7. The molecule has 1 amide bonds. The maximum atomic E-state index is 12.9. The maximum Gasteiger partial charge on any atom is 0.325 e. The number of esters is 1. The van der Waals surface area contributed by atoms with Gasteiger partial charge in [0.05, 0.1) is 22.9 Å². The Balaban J connectivity index is 2.11. The summed E-state index contributed by atoms with van der Waals surface area (Å²) in [7, 11) is 1.36. The molecule has 0 N–H and O–H groups in total. The smallest absolute Gasteiger partial charge is 0.325 e. The first-order valence-electron chi connectivity index (χ1n) is 9.48. The van der Waals surface area contributed by atoms with Crippen molar-refractivity contribution < 1.29 is 14.3 Å². The molecule has 0 fully saturated rings. The molecule has 3 aromatic rings. The minimum atomic E-state index is -0.377. The van der Waals surface area contributed by atoms with Crippen molar-refractivity contribution in [3.05, 3.63) is 58.4 Å². The molecule has 5 nitrogen and oxygen atoms in total. The zero-order valence-corrected chi connectivity index (χ0v) is 18.4. The van der Waals surface area contributed by atoms with Crippen LogP contribution in [0.5, 0.6) is 0 Å². The second-order valence-corrected chi connectivity index (χ2v) is 8.43. The van der Waals surface area contributed by atoms with Gasteiger partial charge >= 0.3 is 5.97 Å². The normalized spacial score (nSPS) is 11.8. The molecule has 0 aliphatic heterocycles. The molecule has 0 aliphatic rings. The molecule has 0 atom stereocenters. The molecule has 0 bridgehead atoms. The fourth-order valence-electron chi connectivity index (χ4n) is 3.05. The van der Waals surface area contributed by atoms with Crippen LogP contribution in [0.1, 0.15) is 35.7 Å². The van der Waals surface area contributed by atoms with Gasteiger partial charge in [-0.05, 0) is 48.9 Å². The number of nitrogens with zero attached hydrogens (tertiary/aromatic N) is 2. The third-order valence-electron chi connectivity index (χ3n) is 4.62. The number of hydrogen-bond acceptors (Lipinski definition) is 5. The summed E-state index contributed by atoms with van der Waals surface area (Å²) < 4.78 is 7.61. The molecule has 0 aliphatic carbocycles. The number of carbonyl (C=O) groups excluding carboxylic acids is 2. The zero-order valence-electron chi connectivity index (χ0n) is 16.8. The van der Waals surface area contributed by atoms with E-state index in [1.807, 2.05) is 30.5 Å². The fraction of sp³-hybridized carbons (Fsp3) is 0.318. The number of methoxy groups -OCH3 is 1. The Morgan fingerprint density at radius 2 is 2.00 bits per heavy atom. The summed E-state index contributed by atoms with van der Waals surface area (Å²) in [6.45, 7) is 2.18. The summed E-state index contributed by atoms with van der Waals surface area (Å²) in [5.74, 6) is -0.690. The van der Waals surface area contributed by atoms with E-state index in [-0.39, 0.29) is 18.4 Å². The number of benzene rings is 2. The first kappa shape index (κ1) is 21.3. The van der Waals surface area contributed by atoms with E-state index in [1.165, 1.54) is 35.8 Å². The molecule has 0 spiro atoms. The van der Waals surface area contributed by atoms with E-state index in [2.05, 4.69) is 24.0 Å². The lowest BCUT2D eigenvalue weighted by Gasteiger charge is -2.05. The van der Waals surface area contributed by atoms with Crippen LogP contribution in [0.25, 0.3) is 10.2 Å². The van der Waals surface area contributed by atoms with E-state index in [4.69, 9.17) is 4.74 Å². The van der Waals surface area contributed by atoms with Crippen LogP contribution in [-0.2, 0) is 22.5 Å². The number of fused-ring (bicyclic) bond motifs is 1. The van der Waals surface area contributed by atoms with Gasteiger partial charge < -0.3 is 9.30 Å². The molecule has 7 heteroatoms. The number of aromatic nitrogens is 1. The highest BCUT2D eigenvalue weighted by Gasteiger charge is 2.14. The Kier molecular flexibility index (Phi) is 7.28. The van der Waals surface area contributed by atoms with Gasteiger partial charge in [0.1, 0.15) is 6.54 Å². The molecule has 0 saturated carbocycles. The van der Waals surface area contributed by atoms with Gasteiger partial charge in [0.15, 0.2) is 4.80 Å². The SMILES string of the molecule is CCCCc1ccc2c(c1)sc(=NC(=O)c1ccccc1SC)n2CC(=O)OC. The highest BCUT2D eigenvalue weighted by molar-refractivity contribution is 7.98. The first-order chi connectivity index (χ1) is 14.1. The van der Waals surface area contributed by atoms with Crippen LogP contribution in [0.4, 0.5) is 0 Å². The van der Waals surface area contributed by atoms with Gasteiger partial charge in [-0.3, -0.25) is 9.59 Å². The summed E-state index contributed by atoms with van der Waals surface area (Å²) in [6, 6.07) is 13.6.